The molecule has 1 aliphatic rings. The van der Waals surface area contributed by atoms with Crippen LogP contribution < -0.4 is 11.2 Å². The third-order valence-electron chi connectivity index (χ3n) is 3.41. The fourth-order valence-electron chi connectivity index (χ4n) is 2.39. The zero-order valence-electron chi connectivity index (χ0n) is 10.6. The Kier molecular flexibility index (Phi) is 3.43. The summed E-state index contributed by atoms with van der Waals surface area (Å²) in [6.45, 7) is 1.55. The summed E-state index contributed by atoms with van der Waals surface area (Å²) in [5.74, 6) is 0. The zero-order chi connectivity index (χ0) is 15.2. The average Bonchev–Trinajstić information content (AvgIpc) is 2.65. The first-order chi connectivity index (χ1) is 9.10. The highest BCUT2D eigenvalue weighted by Crippen LogP contribution is 2.46. The van der Waals surface area contributed by atoms with Gasteiger partial charge in [0.25, 0.3) is 5.72 Å². The molecule has 8 heteroatoms. The lowest BCUT2D eigenvalue weighted by Crippen LogP contribution is -2.61. The third-order valence-corrected chi connectivity index (χ3v) is 3.60. The average molecular weight is 305 g/mol. The molecule has 0 spiro atoms. The minimum Gasteiger partial charge on any atom is -0.375 e. The number of rotatable bonds is 1. The predicted octanol–water partition coefficient (Wildman–Crippen LogP) is 1.61. The highest BCUT2D eigenvalue weighted by molar-refractivity contribution is 7.80. The lowest BCUT2D eigenvalue weighted by Gasteiger charge is -2.34. The van der Waals surface area contributed by atoms with Crippen molar-refractivity contribution < 1.29 is 18.3 Å². The molecule has 0 amide bonds. The van der Waals surface area contributed by atoms with E-state index in [2.05, 4.69) is 17.6 Å². The summed E-state index contributed by atoms with van der Waals surface area (Å²) in [5, 5.41) is 9.87. The Balaban J connectivity index is 2.46. The fourth-order valence-corrected chi connectivity index (χ4v) is 2.58. The maximum atomic E-state index is 13.2. The molecular weight excluding hydrogens is 291 g/mol. The van der Waals surface area contributed by atoms with Crippen molar-refractivity contribution in [2.45, 2.75) is 30.8 Å². The Labute approximate surface area is 119 Å². The molecule has 1 saturated heterocycles. The number of nitrogens with one attached hydrogen (secondary N) is 1. The molecule has 4 N–H and O–H groups in total. The van der Waals surface area contributed by atoms with Crippen molar-refractivity contribution in [2.75, 3.05) is 0 Å². The normalized spacial score (nSPS) is 30.6. The Morgan fingerprint density at radius 3 is 2.35 bits per heavy atom. The maximum Gasteiger partial charge on any atom is 0.438 e. The quantitative estimate of drug-likeness (QED) is 0.688. The first-order valence-corrected chi connectivity index (χ1v) is 6.23. The number of nitrogens with two attached hydrogens (primary N) is 1. The van der Waals surface area contributed by atoms with E-state index in [-0.39, 0.29) is 0 Å². The lowest BCUT2D eigenvalue weighted by molar-refractivity contribution is -0.296. The molecule has 2 atom stereocenters. The van der Waals surface area contributed by atoms with Gasteiger partial charge >= 0.3 is 6.18 Å². The van der Waals surface area contributed by atoms with Gasteiger partial charge in [0.2, 0.25) is 0 Å². The van der Waals surface area contributed by atoms with Gasteiger partial charge in [0.15, 0.2) is 5.11 Å². The molecule has 1 aromatic rings. The van der Waals surface area contributed by atoms with Gasteiger partial charge in [0.1, 0.15) is 0 Å². The van der Waals surface area contributed by atoms with Crippen LogP contribution >= 0.6 is 12.2 Å². The number of halogens is 3. The van der Waals surface area contributed by atoms with Crippen molar-refractivity contribution in [3.63, 3.8) is 0 Å². The van der Waals surface area contributed by atoms with E-state index in [1.54, 1.807) is 37.3 Å². The summed E-state index contributed by atoms with van der Waals surface area (Å²) >= 11 is 4.61. The Bertz CT molecular complexity index is 524. The van der Waals surface area contributed by atoms with Gasteiger partial charge in [-0.3, -0.25) is 0 Å². The summed E-state index contributed by atoms with van der Waals surface area (Å²) < 4.78 is 39.5. The second-order valence-electron chi connectivity index (χ2n) is 4.97. The Morgan fingerprint density at radius 1 is 1.40 bits per heavy atom. The molecule has 0 radical (unpaired) electrons. The van der Waals surface area contributed by atoms with Crippen LogP contribution in [-0.2, 0) is 5.54 Å². The van der Waals surface area contributed by atoms with Crippen LogP contribution in [-0.4, -0.2) is 27.1 Å². The highest BCUT2D eigenvalue weighted by Gasteiger charge is 2.66. The number of thiocarbonyl (C=S) groups is 1. The largest absolute Gasteiger partial charge is 0.438 e. The molecule has 20 heavy (non-hydrogen) atoms. The summed E-state index contributed by atoms with van der Waals surface area (Å²) in [4.78, 5) is 0. The van der Waals surface area contributed by atoms with Gasteiger partial charge in [0.05, 0.1) is 5.54 Å². The molecule has 4 nitrogen and oxygen atoms in total. The standard InChI is InChI=1S/C12H14F3N3OS/c1-10(8-5-3-2-4-6-8)7-11(19,12(13,14)15)18(17-10)9(16)20/h2-6,17,19H,7H2,1H3,(H2,16,20). The van der Waals surface area contributed by atoms with Crippen molar-refractivity contribution in [3.8, 4) is 0 Å². The fraction of sp³-hybridized carbons (Fsp3) is 0.417. The maximum absolute atomic E-state index is 13.2. The number of hydrogen-bond acceptors (Lipinski definition) is 3. The Morgan fingerprint density at radius 2 is 1.95 bits per heavy atom. The summed E-state index contributed by atoms with van der Waals surface area (Å²) in [6.07, 6.45) is -5.51. The topological polar surface area (TPSA) is 61.5 Å². The van der Waals surface area contributed by atoms with E-state index in [0.717, 1.165) is 0 Å². The number of alkyl halides is 3. The number of benzene rings is 1. The molecule has 1 fully saturated rings. The van der Waals surface area contributed by atoms with E-state index < -0.39 is 29.0 Å². The van der Waals surface area contributed by atoms with Crippen LogP contribution in [0.5, 0.6) is 0 Å². The molecule has 2 rings (SSSR count). The summed E-state index contributed by atoms with van der Waals surface area (Å²) in [7, 11) is 0. The molecule has 1 heterocycles. The third kappa shape index (κ3) is 2.23. The first-order valence-electron chi connectivity index (χ1n) is 5.82. The van der Waals surface area contributed by atoms with Crippen molar-refractivity contribution in [1.29, 1.82) is 0 Å². The molecule has 0 aromatic heterocycles. The second-order valence-corrected chi connectivity index (χ2v) is 5.39. The number of aliphatic hydroxyl groups is 1. The van der Waals surface area contributed by atoms with E-state index in [0.29, 0.717) is 10.6 Å². The molecule has 0 aliphatic carbocycles. The van der Waals surface area contributed by atoms with Crippen LogP contribution in [0.15, 0.2) is 30.3 Å². The minimum absolute atomic E-state index is 0.412. The first kappa shape index (κ1) is 15.0. The van der Waals surface area contributed by atoms with E-state index in [9.17, 15) is 18.3 Å². The number of hydrazine groups is 1. The van der Waals surface area contributed by atoms with E-state index in [1.807, 2.05) is 0 Å². The van der Waals surface area contributed by atoms with Crippen molar-refractivity contribution in [2.24, 2.45) is 5.73 Å². The van der Waals surface area contributed by atoms with Gasteiger partial charge < -0.3 is 10.8 Å². The van der Waals surface area contributed by atoms with Gasteiger partial charge in [-0.15, -0.1) is 0 Å². The molecule has 0 bridgehead atoms. The van der Waals surface area contributed by atoms with Crippen LogP contribution in [0, 0.1) is 0 Å². The van der Waals surface area contributed by atoms with Crippen LogP contribution in [0.3, 0.4) is 0 Å². The zero-order valence-corrected chi connectivity index (χ0v) is 11.4. The second kappa shape index (κ2) is 4.57. The Hall–Kier alpha value is -1.38. The lowest BCUT2D eigenvalue weighted by atomic mass is 9.86. The highest BCUT2D eigenvalue weighted by atomic mass is 32.1. The van der Waals surface area contributed by atoms with E-state index in [4.69, 9.17) is 5.73 Å². The predicted molar refractivity (Wildman–Crippen MR) is 71.2 cm³/mol. The van der Waals surface area contributed by atoms with Crippen molar-refractivity contribution in [3.05, 3.63) is 35.9 Å². The van der Waals surface area contributed by atoms with Crippen LogP contribution in [0.4, 0.5) is 13.2 Å². The monoisotopic (exact) mass is 305 g/mol. The number of hydrogen-bond donors (Lipinski definition) is 3. The summed E-state index contributed by atoms with van der Waals surface area (Å²) in [5.41, 5.74) is 4.21. The van der Waals surface area contributed by atoms with Gasteiger partial charge in [0, 0.05) is 6.42 Å². The van der Waals surface area contributed by atoms with Crippen molar-refractivity contribution in [1.82, 2.24) is 10.4 Å². The smallest absolute Gasteiger partial charge is 0.375 e. The minimum atomic E-state index is -4.89. The van der Waals surface area contributed by atoms with Gasteiger partial charge in [-0.2, -0.15) is 13.2 Å². The molecule has 0 saturated carbocycles. The van der Waals surface area contributed by atoms with Crippen LogP contribution in [0.2, 0.25) is 0 Å². The van der Waals surface area contributed by atoms with Gasteiger partial charge in [-0.25, -0.2) is 10.4 Å². The molecule has 110 valence electrons. The van der Waals surface area contributed by atoms with Crippen molar-refractivity contribution >= 4 is 17.3 Å². The molecule has 2 unspecified atom stereocenters. The molecule has 1 aromatic carbocycles. The van der Waals surface area contributed by atoms with Crippen LogP contribution in [0.1, 0.15) is 18.9 Å². The molecule has 1 aliphatic heterocycles. The van der Waals surface area contributed by atoms with E-state index in [1.165, 1.54) is 0 Å². The van der Waals surface area contributed by atoms with E-state index >= 15 is 0 Å². The van der Waals surface area contributed by atoms with Gasteiger partial charge in [-0.1, -0.05) is 30.3 Å². The summed E-state index contributed by atoms with van der Waals surface area (Å²) in [6, 6.07) is 8.51. The number of nitrogens with zero attached hydrogens (tertiary/aromatic N) is 1. The SMILES string of the molecule is CC1(c2ccccc2)CC(O)(C(F)(F)F)N(C(N)=S)N1. The molecular formula is C12H14F3N3OS. The van der Waals surface area contributed by atoms with Gasteiger partial charge in [-0.05, 0) is 24.7 Å². The van der Waals surface area contributed by atoms with Crippen LogP contribution in [0.25, 0.3) is 0 Å².